The molecule has 0 unspecified atom stereocenters. The number of nitrogens with one attached hydrogen (secondary N) is 1. The molecule has 0 aliphatic rings. The second kappa shape index (κ2) is 9.13. The zero-order valence-electron chi connectivity index (χ0n) is 17.5. The highest BCUT2D eigenvalue weighted by atomic mass is 35.5. The highest BCUT2D eigenvalue weighted by molar-refractivity contribution is 6.42. The Morgan fingerprint density at radius 2 is 1.81 bits per heavy atom. The fraction of sp³-hybridized carbons (Fsp3) is 0.200. The highest BCUT2D eigenvalue weighted by Gasteiger charge is 2.18. The van der Waals surface area contributed by atoms with Crippen molar-refractivity contribution in [3.05, 3.63) is 87.5 Å². The van der Waals surface area contributed by atoms with Gasteiger partial charge in [0.15, 0.2) is 0 Å². The number of fused-ring (bicyclic) bond motifs is 1. The molecule has 6 heteroatoms. The molecule has 158 valence electrons. The van der Waals surface area contributed by atoms with E-state index in [1.165, 1.54) is 11.1 Å². The van der Waals surface area contributed by atoms with Gasteiger partial charge in [0.25, 0.3) is 0 Å². The minimum atomic E-state index is -0.0447. The fourth-order valence-corrected chi connectivity index (χ4v) is 3.87. The maximum absolute atomic E-state index is 12.8. The lowest BCUT2D eigenvalue weighted by atomic mass is 10.1. The molecule has 1 N–H and O–H groups in total. The number of aromatic nitrogens is 2. The van der Waals surface area contributed by atoms with Crippen molar-refractivity contribution in [3.8, 4) is 11.3 Å². The number of benzene rings is 2. The molecule has 0 atom stereocenters. The Morgan fingerprint density at radius 3 is 2.55 bits per heavy atom. The first kappa shape index (κ1) is 21.4. The van der Waals surface area contributed by atoms with Gasteiger partial charge >= 0.3 is 0 Å². The number of halogens is 2. The predicted octanol–water partition coefficient (Wildman–Crippen LogP) is 6.89. The third-order valence-corrected chi connectivity index (χ3v) is 6.02. The normalized spacial score (nSPS) is 11.1. The summed E-state index contributed by atoms with van der Waals surface area (Å²) in [6.07, 6.45) is 3.96. The van der Waals surface area contributed by atoms with Gasteiger partial charge in [0, 0.05) is 18.2 Å². The average Bonchev–Trinajstić information content (AvgIpc) is 3.11. The highest BCUT2D eigenvalue weighted by Crippen LogP contribution is 2.33. The number of hydrogen-bond donors (Lipinski definition) is 1. The second-order valence-electron chi connectivity index (χ2n) is 7.71. The predicted molar refractivity (Wildman–Crippen MR) is 128 cm³/mol. The summed E-state index contributed by atoms with van der Waals surface area (Å²) in [6, 6.07) is 17.7. The third-order valence-electron chi connectivity index (χ3n) is 5.29. The van der Waals surface area contributed by atoms with Crippen LogP contribution in [0.5, 0.6) is 0 Å². The van der Waals surface area contributed by atoms with E-state index in [1.807, 2.05) is 35.7 Å². The van der Waals surface area contributed by atoms with Crippen molar-refractivity contribution in [2.75, 3.05) is 5.32 Å². The molecule has 4 rings (SSSR count). The Morgan fingerprint density at radius 1 is 1.03 bits per heavy atom. The van der Waals surface area contributed by atoms with Gasteiger partial charge in [0.05, 0.1) is 10.0 Å². The van der Waals surface area contributed by atoms with Crippen LogP contribution in [-0.2, 0) is 11.2 Å². The molecular formula is C25H23Cl2N3O. The summed E-state index contributed by atoms with van der Waals surface area (Å²) in [5.41, 5.74) is 5.74. The van der Waals surface area contributed by atoms with Crippen molar-refractivity contribution in [2.24, 2.45) is 0 Å². The molecule has 4 nitrogen and oxygen atoms in total. The van der Waals surface area contributed by atoms with Crippen molar-refractivity contribution in [3.63, 3.8) is 0 Å². The summed E-state index contributed by atoms with van der Waals surface area (Å²) in [4.78, 5) is 17.6. The SMILES string of the molecule is Cc1ccc(CCCC(=O)Nc2c(-c3ccc(Cl)c(Cl)c3)nc3c(C)cccn23)cc1. The van der Waals surface area contributed by atoms with Gasteiger partial charge in [0.1, 0.15) is 17.2 Å². The van der Waals surface area contributed by atoms with Gasteiger partial charge in [-0.05, 0) is 56.0 Å². The van der Waals surface area contributed by atoms with Crippen molar-refractivity contribution >= 4 is 40.6 Å². The van der Waals surface area contributed by atoms with Crippen LogP contribution in [0.15, 0.2) is 60.8 Å². The molecule has 0 saturated carbocycles. The Hall–Kier alpha value is -2.82. The summed E-state index contributed by atoms with van der Waals surface area (Å²) in [5.74, 6) is 0.592. The number of amides is 1. The molecule has 1 amide bonds. The topological polar surface area (TPSA) is 46.4 Å². The maximum atomic E-state index is 12.8. The lowest BCUT2D eigenvalue weighted by Crippen LogP contribution is -2.14. The fourth-order valence-electron chi connectivity index (χ4n) is 3.57. The number of rotatable bonds is 6. The van der Waals surface area contributed by atoms with E-state index in [-0.39, 0.29) is 5.91 Å². The summed E-state index contributed by atoms with van der Waals surface area (Å²) < 4.78 is 1.91. The van der Waals surface area contributed by atoms with Crippen LogP contribution >= 0.6 is 23.2 Å². The van der Waals surface area contributed by atoms with Gasteiger partial charge in [-0.1, -0.05) is 65.2 Å². The van der Waals surface area contributed by atoms with E-state index in [1.54, 1.807) is 12.1 Å². The van der Waals surface area contributed by atoms with Crippen LogP contribution in [0.1, 0.15) is 29.5 Å². The number of hydrogen-bond acceptors (Lipinski definition) is 2. The molecule has 2 heterocycles. The zero-order valence-corrected chi connectivity index (χ0v) is 19.0. The molecule has 0 spiro atoms. The molecule has 0 aliphatic heterocycles. The van der Waals surface area contributed by atoms with E-state index in [9.17, 15) is 4.79 Å². The van der Waals surface area contributed by atoms with Gasteiger partial charge in [-0.2, -0.15) is 0 Å². The van der Waals surface area contributed by atoms with E-state index in [4.69, 9.17) is 28.2 Å². The molecule has 2 aromatic carbocycles. The molecule has 0 fully saturated rings. The molecule has 0 aliphatic carbocycles. The Labute approximate surface area is 191 Å². The van der Waals surface area contributed by atoms with Gasteiger partial charge in [0.2, 0.25) is 5.91 Å². The first-order chi connectivity index (χ1) is 14.9. The maximum Gasteiger partial charge on any atom is 0.225 e. The number of nitrogens with zero attached hydrogens (tertiary/aromatic N) is 2. The number of anilines is 1. The molecule has 31 heavy (non-hydrogen) atoms. The molecule has 0 saturated heterocycles. The van der Waals surface area contributed by atoms with Crippen molar-refractivity contribution in [2.45, 2.75) is 33.1 Å². The van der Waals surface area contributed by atoms with Gasteiger partial charge in [-0.3, -0.25) is 9.20 Å². The number of carbonyl (C=O) groups is 1. The van der Waals surface area contributed by atoms with E-state index in [0.717, 1.165) is 29.6 Å². The Bertz CT molecular complexity index is 1250. The Kier molecular flexibility index (Phi) is 6.30. The van der Waals surface area contributed by atoms with Crippen LogP contribution in [0.3, 0.4) is 0 Å². The van der Waals surface area contributed by atoms with Gasteiger partial charge in [-0.15, -0.1) is 0 Å². The van der Waals surface area contributed by atoms with E-state index < -0.39 is 0 Å². The van der Waals surface area contributed by atoms with Crippen molar-refractivity contribution in [1.29, 1.82) is 0 Å². The molecule has 4 aromatic rings. The van der Waals surface area contributed by atoms with Crippen LogP contribution in [0.4, 0.5) is 5.82 Å². The molecule has 2 aromatic heterocycles. The number of imidazole rings is 1. The lowest BCUT2D eigenvalue weighted by molar-refractivity contribution is -0.116. The first-order valence-electron chi connectivity index (χ1n) is 10.2. The summed E-state index contributed by atoms with van der Waals surface area (Å²) in [7, 11) is 0. The summed E-state index contributed by atoms with van der Waals surface area (Å²) in [6.45, 7) is 4.06. The van der Waals surface area contributed by atoms with Crippen LogP contribution in [0.25, 0.3) is 16.9 Å². The number of carbonyl (C=O) groups excluding carboxylic acids is 1. The van der Waals surface area contributed by atoms with Gasteiger partial charge < -0.3 is 5.32 Å². The minimum Gasteiger partial charge on any atom is -0.310 e. The summed E-state index contributed by atoms with van der Waals surface area (Å²) in [5, 5.41) is 4.00. The van der Waals surface area contributed by atoms with Gasteiger partial charge in [-0.25, -0.2) is 4.98 Å². The average molecular weight is 452 g/mol. The first-order valence-corrected chi connectivity index (χ1v) is 11.0. The van der Waals surface area contributed by atoms with Crippen molar-refractivity contribution < 1.29 is 4.79 Å². The van der Waals surface area contributed by atoms with E-state index in [2.05, 4.69) is 36.5 Å². The lowest BCUT2D eigenvalue weighted by Gasteiger charge is -2.09. The monoisotopic (exact) mass is 451 g/mol. The third kappa shape index (κ3) is 4.76. The molecule has 0 radical (unpaired) electrons. The quantitative estimate of drug-likeness (QED) is 0.346. The van der Waals surface area contributed by atoms with Crippen LogP contribution in [0.2, 0.25) is 10.0 Å². The van der Waals surface area contributed by atoms with Crippen molar-refractivity contribution in [1.82, 2.24) is 9.38 Å². The standard InChI is InChI=1S/C25H23Cl2N3O/c1-16-8-10-18(11-9-16)6-3-7-22(31)28-25-23(19-12-13-20(26)21(27)15-19)29-24-17(2)5-4-14-30(24)25/h4-5,8-15H,3,6-7H2,1-2H3,(H,28,31). The van der Waals surface area contributed by atoms with E-state index in [0.29, 0.717) is 28.0 Å². The van der Waals surface area contributed by atoms with E-state index >= 15 is 0 Å². The molecule has 0 bridgehead atoms. The number of pyridine rings is 1. The largest absolute Gasteiger partial charge is 0.310 e. The summed E-state index contributed by atoms with van der Waals surface area (Å²) >= 11 is 12.3. The second-order valence-corrected chi connectivity index (χ2v) is 8.52. The zero-order chi connectivity index (χ0) is 22.0. The minimum absolute atomic E-state index is 0.0447. The number of aryl methyl sites for hydroxylation is 3. The van der Waals surface area contributed by atoms with Crippen LogP contribution in [0, 0.1) is 13.8 Å². The Balaban J connectivity index is 1.58. The smallest absolute Gasteiger partial charge is 0.225 e. The van der Waals surface area contributed by atoms with Crippen LogP contribution in [-0.4, -0.2) is 15.3 Å². The molecular weight excluding hydrogens is 429 g/mol. The van der Waals surface area contributed by atoms with Crippen LogP contribution < -0.4 is 5.32 Å².